The predicted octanol–water partition coefficient (Wildman–Crippen LogP) is 2.61. The zero-order valence-corrected chi connectivity index (χ0v) is 10.1. The molecule has 0 aliphatic carbocycles. The summed E-state index contributed by atoms with van der Waals surface area (Å²) in [5, 5.41) is 42.9. The van der Waals surface area contributed by atoms with Gasteiger partial charge in [-0.1, -0.05) is 26.7 Å². The number of carboxylic acid groups (broad SMARTS) is 6. The number of hydrogen-bond acceptors (Lipinski definition) is 5. The second-order valence-electron chi connectivity index (χ2n) is 2.20. The highest BCUT2D eigenvalue weighted by Gasteiger charge is 2.01. The normalized spacial score (nSPS) is 6.84. The highest BCUT2D eigenvalue weighted by molar-refractivity contribution is 5.74. The van der Waals surface area contributed by atoms with Crippen LogP contribution < -0.4 is 0 Å². The minimum absolute atomic E-state index is 1.32. The molecule has 0 amide bonds. The summed E-state index contributed by atoms with van der Waals surface area (Å²) >= 11 is 0. The van der Waals surface area contributed by atoms with Gasteiger partial charge in [0.15, 0.2) is 0 Å². The Morgan fingerprint density at radius 2 is 0.842 bits per heavy atom. The summed E-state index contributed by atoms with van der Waals surface area (Å²) < 4.78 is 3.08. The van der Waals surface area contributed by atoms with Crippen LogP contribution in [0, 0.1) is 0 Å². The molecule has 114 valence electrons. The molecule has 0 aliphatic heterocycles. The Kier molecular flexibility index (Phi) is 27.4. The van der Waals surface area contributed by atoms with E-state index >= 15 is 0 Å². The van der Waals surface area contributed by atoms with Gasteiger partial charge in [0.1, 0.15) is 0 Å². The van der Waals surface area contributed by atoms with Crippen molar-refractivity contribution in [1.29, 1.82) is 0 Å². The van der Waals surface area contributed by atoms with Crippen molar-refractivity contribution in [3.8, 4) is 0 Å². The first-order valence-electron chi connectivity index (χ1n) is 4.48. The molecule has 0 aliphatic rings. The Morgan fingerprint density at radius 1 is 0.684 bits per heavy atom. The summed E-state index contributed by atoms with van der Waals surface area (Å²) in [6.07, 6.45) is -4.65. The van der Waals surface area contributed by atoms with Gasteiger partial charge in [-0.3, -0.25) is 0 Å². The number of unbranched alkanes of at least 4 members (excludes halogenated alkanes) is 1. The van der Waals surface area contributed by atoms with Gasteiger partial charge in [0.2, 0.25) is 0 Å². The van der Waals surface area contributed by atoms with Crippen molar-refractivity contribution < 1.29 is 54.6 Å². The fraction of sp³-hybridized carbons (Fsp3) is 0.500. The molecule has 0 aromatic carbocycles. The molecule has 0 aromatic rings. The maximum Gasteiger partial charge on any atom is 0.516 e. The number of carbonyl (C=O) groups is 4. The lowest BCUT2D eigenvalue weighted by molar-refractivity contribution is 0.0800. The van der Waals surface area contributed by atoms with Gasteiger partial charge >= 0.3 is 24.6 Å². The lowest BCUT2D eigenvalue weighted by Crippen LogP contribution is -2.05. The Bertz CT molecular complexity index is 225. The van der Waals surface area contributed by atoms with Crippen LogP contribution >= 0.6 is 0 Å². The summed E-state index contributed by atoms with van der Waals surface area (Å²) in [4.78, 5) is 35.5. The molecule has 0 rings (SSSR count). The molecule has 6 N–H and O–H groups in total. The average molecular weight is 288 g/mol. The van der Waals surface area contributed by atoms with E-state index in [0.717, 1.165) is 0 Å². The highest BCUT2D eigenvalue weighted by atomic mass is 16.7. The van der Waals surface area contributed by atoms with Crippen LogP contribution in [-0.4, -0.2) is 55.3 Å². The van der Waals surface area contributed by atoms with Crippen LogP contribution in [0.15, 0.2) is 0 Å². The Balaban J connectivity index is -0.0000000825. The highest BCUT2D eigenvalue weighted by Crippen LogP contribution is 1.76. The van der Waals surface area contributed by atoms with Crippen LogP contribution in [0.5, 0.6) is 0 Å². The molecular weight excluding hydrogens is 272 g/mol. The molecule has 11 heteroatoms. The van der Waals surface area contributed by atoms with Gasteiger partial charge in [0.05, 0.1) is 0 Å². The van der Waals surface area contributed by atoms with Gasteiger partial charge in [-0.15, -0.1) is 0 Å². The van der Waals surface area contributed by atoms with Crippen molar-refractivity contribution in [3.05, 3.63) is 0 Å². The van der Waals surface area contributed by atoms with Crippen LogP contribution in [0.25, 0.3) is 0 Å². The molecule has 0 aromatic heterocycles. The van der Waals surface area contributed by atoms with Gasteiger partial charge in [-0.2, -0.15) is 0 Å². The molecule has 0 bridgehead atoms. The first-order chi connectivity index (χ1) is 8.50. The van der Waals surface area contributed by atoms with E-state index in [1.807, 2.05) is 0 Å². The van der Waals surface area contributed by atoms with E-state index in [-0.39, 0.29) is 0 Å². The van der Waals surface area contributed by atoms with Crippen molar-refractivity contribution >= 4 is 24.6 Å². The molecule has 0 radical (unpaired) electrons. The zero-order chi connectivity index (χ0) is 16.4. The van der Waals surface area contributed by atoms with E-state index in [1.165, 1.54) is 12.8 Å². The first kappa shape index (κ1) is 25.2. The third-order valence-corrected chi connectivity index (χ3v) is 0.675. The third-order valence-electron chi connectivity index (χ3n) is 0.675. The lowest BCUT2D eigenvalue weighted by Gasteiger charge is -1.84. The fourth-order valence-corrected chi connectivity index (χ4v) is 0.0747. The van der Waals surface area contributed by atoms with Crippen LogP contribution in [0.4, 0.5) is 19.2 Å². The van der Waals surface area contributed by atoms with Crippen LogP contribution in [0.3, 0.4) is 0 Å². The van der Waals surface area contributed by atoms with Crippen LogP contribution in [0.2, 0.25) is 0 Å². The number of rotatable bonds is 1. The second-order valence-corrected chi connectivity index (χ2v) is 2.20. The maximum atomic E-state index is 9.21. The average Bonchev–Trinajstić information content (AvgIpc) is 2.14. The summed E-state index contributed by atoms with van der Waals surface area (Å²) in [6.45, 7) is 4.36. The van der Waals surface area contributed by atoms with Crippen molar-refractivity contribution in [2.24, 2.45) is 0 Å². The minimum atomic E-state index is -1.83. The molecule has 0 unspecified atom stereocenters. The molecule has 0 saturated heterocycles. The summed E-state index contributed by atoms with van der Waals surface area (Å²) in [5.41, 5.74) is 0. The number of hydrogen-bond donors (Lipinski definition) is 6. The molecule has 11 nitrogen and oxygen atoms in total. The third kappa shape index (κ3) is 518. The SMILES string of the molecule is CCCC.O=C(O)O.O=C(O)O.O=C(O)OC(=O)O. The molecule has 0 spiro atoms. The number of ether oxygens (including phenoxy) is 1. The van der Waals surface area contributed by atoms with Gasteiger partial charge in [-0.05, 0) is 0 Å². The van der Waals surface area contributed by atoms with Gasteiger partial charge in [0.25, 0.3) is 0 Å². The molecule has 19 heavy (non-hydrogen) atoms. The van der Waals surface area contributed by atoms with Crippen LogP contribution in [-0.2, 0) is 4.74 Å². The first-order valence-corrected chi connectivity index (χ1v) is 4.48. The van der Waals surface area contributed by atoms with Crippen molar-refractivity contribution in [1.82, 2.24) is 0 Å². The fourth-order valence-electron chi connectivity index (χ4n) is 0.0747. The maximum absolute atomic E-state index is 9.21. The molecular formula is C8H16O11. The molecule has 0 fully saturated rings. The monoisotopic (exact) mass is 288 g/mol. The Labute approximate surface area is 107 Å². The minimum Gasteiger partial charge on any atom is -0.450 e. The van der Waals surface area contributed by atoms with Crippen molar-refractivity contribution in [3.63, 3.8) is 0 Å². The standard InChI is InChI=1S/C4H10.C2H2O5.2CH2O3/c1-3-4-2;3-1(4)7-2(5)6;2*2-1(3)4/h3-4H2,1-2H3;(H,3,4)(H,5,6);2*(H2,2,3,4). The molecule has 0 heterocycles. The van der Waals surface area contributed by atoms with Gasteiger partial charge in [0, 0.05) is 0 Å². The van der Waals surface area contributed by atoms with E-state index in [0.29, 0.717) is 0 Å². The van der Waals surface area contributed by atoms with Gasteiger partial charge < -0.3 is 35.4 Å². The summed E-state index contributed by atoms with van der Waals surface area (Å²) in [6, 6.07) is 0. The largest absolute Gasteiger partial charge is 0.516 e. The van der Waals surface area contributed by atoms with E-state index in [2.05, 4.69) is 18.6 Å². The zero-order valence-electron chi connectivity index (χ0n) is 10.1. The van der Waals surface area contributed by atoms with E-state index in [4.69, 9.17) is 40.2 Å². The van der Waals surface area contributed by atoms with E-state index in [1.54, 1.807) is 0 Å². The molecule has 0 atom stereocenters. The summed E-state index contributed by atoms with van der Waals surface area (Å²) in [5.74, 6) is 0. The smallest absolute Gasteiger partial charge is 0.450 e. The van der Waals surface area contributed by atoms with E-state index < -0.39 is 24.6 Å². The van der Waals surface area contributed by atoms with Crippen LogP contribution in [0.1, 0.15) is 26.7 Å². The van der Waals surface area contributed by atoms with E-state index in [9.17, 15) is 9.59 Å². The Hall–Kier alpha value is -2.72. The van der Waals surface area contributed by atoms with Gasteiger partial charge in [-0.25, -0.2) is 19.2 Å². The topological polar surface area (TPSA) is 199 Å². The second kappa shape index (κ2) is 20.7. The molecule has 0 saturated carbocycles. The summed E-state index contributed by atoms with van der Waals surface area (Å²) in [7, 11) is 0. The Morgan fingerprint density at radius 3 is 0.842 bits per heavy atom. The lowest BCUT2D eigenvalue weighted by atomic mass is 10.4. The van der Waals surface area contributed by atoms with Crippen molar-refractivity contribution in [2.75, 3.05) is 0 Å². The predicted molar refractivity (Wildman–Crippen MR) is 59.0 cm³/mol. The van der Waals surface area contributed by atoms with Crippen molar-refractivity contribution in [2.45, 2.75) is 26.7 Å². The quantitative estimate of drug-likeness (QED) is 0.306.